The van der Waals surface area contributed by atoms with Crippen molar-refractivity contribution >= 4 is 11.6 Å². The Morgan fingerprint density at radius 2 is 2.00 bits per heavy atom. The number of hydrogen-bond donors (Lipinski definition) is 2. The number of carbonyl (C=O) groups is 1. The van der Waals surface area contributed by atoms with Crippen molar-refractivity contribution in [3.63, 3.8) is 0 Å². The zero-order valence-electron chi connectivity index (χ0n) is 11.5. The van der Waals surface area contributed by atoms with Crippen LogP contribution in [-0.4, -0.2) is 38.0 Å². The van der Waals surface area contributed by atoms with Gasteiger partial charge in [0.25, 0.3) is 0 Å². The van der Waals surface area contributed by atoms with Crippen LogP contribution in [-0.2, 0) is 11.3 Å². The first-order valence-electron chi connectivity index (χ1n) is 6.30. The molecule has 0 heterocycles. The molecule has 0 bridgehead atoms. The number of nitrogens with zero attached hydrogens (tertiary/aromatic N) is 1. The van der Waals surface area contributed by atoms with Gasteiger partial charge in [0.1, 0.15) is 0 Å². The predicted molar refractivity (Wildman–Crippen MR) is 75.6 cm³/mol. The van der Waals surface area contributed by atoms with Gasteiger partial charge >= 0.3 is 0 Å². The Hall–Kier alpha value is -1.39. The van der Waals surface area contributed by atoms with Gasteiger partial charge in [-0.3, -0.25) is 4.79 Å². The molecule has 2 N–H and O–H groups in total. The molecule has 0 aromatic heterocycles. The third-order valence-electron chi connectivity index (χ3n) is 2.60. The van der Waals surface area contributed by atoms with Gasteiger partial charge in [0, 0.05) is 19.2 Å². The highest BCUT2D eigenvalue weighted by atomic mass is 16.1. The van der Waals surface area contributed by atoms with Crippen LogP contribution in [0, 0.1) is 0 Å². The number of para-hydroxylation sites is 1. The van der Waals surface area contributed by atoms with Crippen molar-refractivity contribution in [1.29, 1.82) is 0 Å². The Morgan fingerprint density at radius 3 is 2.67 bits per heavy atom. The standard InChI is InChI=1S/C14H23N3O/c1-12(18)16-14-8-5-4-7-13(14)11-15-9-6-10-17(2)3/h4-5,7-8,15H,6,9-11H2,1-3H3,(H,16,18). The lowest BCUT2D eigenvalue weighted by atomic mass is 10.1. The molecule has 1 aromatic rings. The van der Waals surface area contributed by atoms with Crippen molar-refractivity contribution in [2.75, 3.05) is 32.5 Å². The highest BCUT2D eigenvalue weighted by Crippen LogP contribution is 2.14. The van der Waals surface area contributed by atoms with Gasteiger partial charge in [0.15, 0.2) is 0 Å². The number of amides is 1. The van der Waals surface area contributed by atoms with Crippen LogP contribution in [0.4, 0.5) is 5.69 Å². The molecule has 0 aliphatic heterocycles. The summed E-state index contributed by atoms with van der Waals surface area (Å²) in [5.74, 6) is -0.0324. The van der Waals surface area contributed by atoms with Gasteiger partial charge in [-0.2, -0.15) is 0 Å². The normalized spacial score (nSPS) is 10.7. The Morgan fingerprint density at radius 1 is 1.28 bits per heavy atom. The lowest BCUT2D eigenvalue weighted by molar-refractivity contribution is -0.114. The van der Waals surface area contributed by atoms with E-state index in [1.54, 1.807) is 0 Å². The van der Waals surface area contributed by atoms with E-state index in [1.807, 2.05) is 24.3 Å². The first kappa shape index (κ1) is 14.7. The summed E-state index contributed by atoms with van der Waals surface area (Å²) in [6.07, 6.45) is 1.12. The SMILES string of the molecule is CC(=O)Nc1ccccc1CNCCCN(C)C. The summed E-state index contributed by atoms with van der Waals surface area (Å²) in [5.41, 5.74) is 2.02. The van der Waals surface area contributed by atoms with E-state index in [1.165, 1.54) is 6.92 Å². The summed E-state index contributed by atoms with van der Waals surface area (Å²) in [5, 5.41) is 6.24. The summed E-state index contributed by atoms with van der Waals surface area (Å²) in [6, 6.07) is 7.88. The second-order valence-corrected chi connectivity index (χ2v) is 4.67. The molecule has 1 aromatic carbocycles. The molecule has 1 amide bonds. The highest BCUT2D eigenvalue weighted by molar-refractivity contribution is 5.89. The van der Waals surface area contributed by atoms with E-state index >= 15 is 0 Å². The summed E-state index contributed by atoms with van der Waals surface area (Å²) in [7, 11) is 4.15. The lowest BCUT2D eigenvalue weighted by Crippen LogP contribution is -2.21. The van der Waals surface area contributed by atoms with Crippen molar-refractivity contribution in [3.8, 4) is 0 Å². The number of anilines is 1. The molecule has 0 aliphatic carbocycles. The average molecular weight is 249 g/mol. The molecule has 4 nitrogen and oxygen atoms in total. The number of nitrogens with one attached hydrogen (secondary N) is 2. The molecular weight excluding hydrogens is 226 g/mol. The van der Waals surface area contributed by atoms with E-state index in [9.17, 15) is 4.79 Å². The summed E-state index contributed by atoms with van der Waals surface area (Å²) < 4.78 is 0. The number of hydrogen-bond acceptors (Lipinski definition) is 3. The average Bonchev–Trinajstić information content (AvgIpc) is 2.29. The quantitative estimate of drug-likeness (QED) is 0.723. The fourth-order valence-corrected chi connectivity index (χ4v) is 1.73. The van der Waals surface area contributed by atoms with E-state index in [-0.39, 0.29) is 5.91 Å². The van der Waals surface area contributed by atoms with E-state index in [4.69, 9.17) is 0 Å². The van der Waals surface area contributed by atoms with Gasteiger partial charge in [-0.15, -0.1) is 0 Å². The van der Waals surface area contributed by atoms with Gasteiger partial charge in [-0.1, -0.05) is 18.2 Å². The molecule has 18 heavy (non-hydrogen) atoms. The monoisotopic (exact) mass is 249 g/mol. The van der Waals surface area contributed by atoms with Crippen LogP contribution in [0.3, 0.4) is 0 Å². The smallest absolute Gasteiger partial charge is 0.221 e. The molecule has 100 valence electrons. The van der Waals surface area contributed by atoms with Crippen LogP contribution >= 0.6 is 0 Å². The second kappa shape index (κ2) is 7.84. The zero-order chi connectivity index (χ0) is 13.4. The maximum atomic E-state index is 11.1. The molecular formula is C14H23N3O. The highest BCUT2D eigenvalue weighted by Gasteiger charge is 2.02. The predicted octanol–water partition coefficient (Wildman–Crippen LogP) is 1.69. The minimum atomic E-state index is -0.0324. The fourth-order valence-electron chi connectivity index (χ4n) is 1.73. The van der Waals surface area contributed by atoms with Gasteiger partial charge < -0.3 is 15.5 Å². The maximum Gasteiger partial charge on any atom is 0.221 e. The van der Waals surface area contributed by atoms with Gasteiger partial charge in [-0.25, -0.2) is 0 Å². The van der Waals surface area contributed by atoms with Crippen LogP contribution < -0.4 is 10.6 Å². The Balaban J connectivity index is 2.39. The van der Waals surface area contributed by atoms with Crippen LogP contribution in [0.5, 0.6) is 0 Å². The third kappa shape index (κ3) is 5.80. The summed E-state index contributed by atoms with van der Waals surface area (Å²) >= 11 is 0. The Kier molecular flexibility index (Phi) is 6.39. The number of benzene rings is 1. The maximum absolute atomic E-state index is 11.1. The van der Waals surface area contributed by atoms with Gasteiger partial charge in [-0.05, 0) is 45.2 Å². The molecule has 0 spiro atoms. The molecule has 0 saturated carbocycles. The first-order valence-corrected chi connectivity index (χ1v) is 6.30. The van der Waals surface area contributed by atoms with Crippen LogP contribution in [0.1, 0.15) is 18.9 Å². The molecule has 0 fully saturated rings. The molecule has 0 atom stereocenters. The molecule has 0 unspecified atom stereocenters. The Labute approximate surface area is 109 Å². The molecule has 0 aliphatic rings. The summed E-state index contributed by atoms with van der Waals surface area (Å²) in [6.45, 7) is 4.37. The molecule has 0 radical (unpaired) electrons. The number of rotatable bonds is 7. The van der Waals surface area contributed by atoms with E-state index < -0.39 is 0 Å². The minimum Gasteiger partial charge on any atom is -0.326 e. The minimum absolute atomic E-state index is 0.0324. The van der Waals surface area contributed by atoms with Crippen molar-refractivity contribution in [3.05, 3.63) is 29.8 Å². The molecule has 4 heteroatoms. The largest absolute Gasteiger partial charge is 0.326 e. The van der Waals surface area contributed by atoms with E-state index in [0.29, 0.717) is 0 Å². The van der Waals surface area contributed by atoms with Crippen LogP contribution in [0.15, 0.2) is 24.3 Å². The van der Waals surface area contributed by atoms with Gasteiger partial charge in [0.2, 0.25) is 5.91 Å². The third-order valence-corrected chi connectivity index (χ3v) is 2.60. The molecule has 0 saturated heterocycles. The van der Waals surface area contributed by atoms with E-state index in [2.05, 4.69) is 29.6 Å². The van der Waals surface area contributed by atoms with Crippen LogP contribution in [0.2, 0.25) is 0 Å². The topological polar surface area (TPSA) is 44.4 Å². The molecule has 1 rings (SSSR count). The summed E-state index contributed by atoms with van der Waals surface area (Å²) in [4.78, 5) is 13.3. The Bertz CT molecular complexity index is 377. The lowest BCUT2D eigenvalue weighted by Gasteiger charge is -2.12. The van der Waals surface area contributed by atoms with Crippen LogP contribution in [0.25, 0.3) is 0 Å². The fraction of sp³-hybridized carbons (Fsp3) is 0.500. The number of carbonyl (C=O) groups excluding carboxylic acids is 1. The van der Waals surface area contributed by atoms with Crippen molar-refractivity contribution < 1.29 is 4.79 Å². The van der Waals surface area contributed by atoms with Crippen molar-refractivity contribution in [2.24, 2.45) is 0 Å². The zero-order valence-corrected chi connectivity index (χ0v) is 11.5. The van der Waals surface area contributed by atoms with Gasteiger partial charge in [0.05, 0.1) is 0 Å². The van der Waals surface area contributed by atoms with Crippen molar-refractivity contribution in [2.45, 2.75) is 19.9 Å². The second-order valence-electron chi connectivity index (χ2n) is 4.67. The van der Waals surface area contributed by atoms with Crippen molar-refractivity contribution in [1.82, 2.24) is 10.2 Å². The first-order chi connectivity index (χ1) is 8.59. The van der Waals surface area contributed by atoms with E-state index in [0.717, 1.165) is 37.3 Å².